The molecule has 40 heavy (non-hydrogen) atoms. The summed E-state index contributed by atoms with van der Waals surface area (Å²) in [6.07, 6.45) is 7.48. The minimum atomic E-state index is -0.711. The molecule has 3 aromatic rings. The maximum absolute atomic E-state index is 14.5. The second-order valence-corrected chi connectivity index (χ2v) is 11.2. The maximum atomic E-state index is 14.5. The van der Waals surface area contributed by atoms with E-state index in [1.54, 1.807) is 6.20 Å². The standard InChI is InChI=1S/C28H36F2N8O2/c29-18-3-10-23(22(30)15-18)34-28-35-24-16-32-27(36-25(24)38(28)20-6-8-21(39)9-7-20)33-19-4-1-17(2-5-19)26(40)37-13-11-31-12-14-37/h3,10,15-17,19-21,31,39H,1-2,4-9,11-14H2,(H,34,35)(H,32,33,36)/t17-,19-,20-,21+. The quantitative estimate of drug-likeness (QED) is 0.364. The molecule has 2 aromatic heterocycles. The highest BCUT2D eigenvalue weighted by molar-refractivity contribution is 5.79. The number of nitrogens with one attached hydrogen (secondary N) is 3. The van der Waals surface area contributed by atoms with Crippen molar-refractivity contribution >= 4 is 34.7 Å². The molecule has 0 bridgehead atoms. The molecular formula is C28H36F2N8O2. The molecule has 6 rings (SSSR count). The van der Waals surface area contributed by atoms with Crippen LogP contribution < -0.4 is 16.0 Å². The van der Waals surface area contributed by atoms with E-state index < -0.39 is 11.6 Å². The van der Waals surface area contributed by atoms with Gasteiger partial charge in [-0.05, 0) is 63.5 Å². The molecule has 0 unspecified atom stereocenters. The van der Waals surface area contributed by atoms with Gasteiger partial charge < -0.3 is 26.0 Å². The van der Waals surface area contributed by atoms with Crippen molar-refractivity contribution in [2.24, 2.45) is 5.92 Å². The second kappa shape index (κ2) is 11.6. The summed E-state index contributed by atoms with van der Waals surface area (Å²) in [4.78, 5) is 28.9. The lowest BCUT2D eigenvalue weighted by molar-refractivity contribution is -0.137. The lowest BCUT2D eigenvalue weighted by Gasteiger charge is -2.34. The highest BCUT2D eigenvalue weighted by atomic mass is 19.1. The van der Waals surface area contributed by atoms with Crippen molar-refractivity contribution in [1.82, 2.24) is 29.7 Å². The fourth-order valence-corrected chi connectivity index (χ4v) is 6.23. The Balaban J connectivity index is 1.20. The zero-order valence-electron chi connectivity index (χ0n) is 22.5. The van der Waals surface area contributed by atoms with Crippen LogP contribution in [0.1, 0.15) is 57.4 Å². The summed E-state index contributed by atoms with van der Waals surface area (Å²) in [5.74, 6) is -0.125. The van der Waals surface area contributed by atoms with Gasteiger partial charge in [-0.15, -0.1) is 0 Å². The highest BCUT2D eigenvalue weighted by Gasteiger charge is 2.31. The molecule has 0 radical (unpaired) electrons. The molecule has 4 N–H and O–H groups in total. The SMILES string of the molecule is O=C([C@H]1CC[C@H](Nc2ncc3nc(Nc4ccc(F)cc4F)n([C@H]4CC[C@@H](O)CC4)c3n2)CC1)N1CCNCC1. The van der Waals surface area contributed by atoms with E-state index in [9.17, 15) is 18.7 Å². The molecule has 214 valence electrons. The highest BCUT2D eigenvalue weighted by Crippen LogP contribution is 2.35. The molecule has 1 aromatic carbocycles. The third-order valence-electron chi connectivity index (χ3n) is 8.48. The number of hydrogen-bond acceptors (Lipinski definition) is 8. The van der Waals surface area contributed by atoms with Gasteiger partial charge in [-0.2, -0.15) is 4.98 Å². The van der Waals surface area contributed by atoms with Crippen molar-refractivity contribution in [3.63, 3.8) is 0 Å². The van der Waals surface area contributed by atoms with Crippen molar-refractivity contribution in [2.45, 2.75) is 69.6 Å². The first-order chi connectivity index (χ1) is 19.4. The Bertz CT molecular complexity index is 1350. The summed E-state index contributed by atoms with van der Waals surface area (Å²) in [5, 5.41) is 19.9. The van der Waals surface area contributed by atoms with E-state index in [0.717, 1.165) is 70.8 Å². The Hall–Kier alpha value is -3.38. The zero-order chi connectivity index (χ0) is 27.6. The monoisotopic (exact) mass is 554 g/mol. The van der Waals surface area contributed by atoms with Gasteiger partial charge in [0.2, 0.25) is 17.8 Å². The predicted molar refractivity (Wildman–Crippen MR) is 147 cm³/mol. The van der Waals surface area contributed by atoms with Crippen LogP contribution in [-0.4, -0.2) is 73.8 Å². The molecule has 1 amide bonds. The number of benzene rings is 1. The number of fused-ring (bicyclic) bond motifs is 1. The molecule has 3 heterocycles. The Labute approximate surface area is 231 Å². The number of amides is 1. The van der Waals surface area contributed by atoms with E-state index in [4.69, 9.17) is 4.98 Å². The lowest BCUT2D eigenvalue weighted by atomic mass is 9.85. The predicted octanol–water partition coefficient (Wildman–Crippen LogP) is 3.73. The maximum Gasteiger partial charge on any atom is 0.225 e. The first kappa shape index (κ1) is 26.8. The number of carbonyl (C=O) groups excluding carboxylic acids is 1. The van der Waals surface area contributed by atoms with Gasteiger partial charge >= 0.3 is 0 Å². The van der Waals surface area contributed by atoms with Crippen LogP contribution in [0.3, 0.4) is 0 Å². The number of anilines is 3. The third-order valence-corrected chi connectivity index (χ3v) is 8.48. The first-order valence-electron chi connectivity index (χ1n) is 14.4. The third kappa shape index (κ3) is 5.73. The Morgan fingerprint density at radius 3 is 2.48 bits per heavy atom. The minimum Gasteiger partial charge on any atom is -0.393 e. The van der Waals surface area contributed by atoms with Crippen molar-refractivity contribution in [1.29, 1.82) is 0 Å². The number of carbonyl (C=O) groups is 1. The van der Waals surface area contributed by atoms with E-state index in [1.807, 2.05) is 9.47 Å². The minimum absolute atomic E-state index is 0.00796. The van der Waals surface area contributed by atoms with Crippen LogP contribution in [0.5, 0.6) is 0 Å². The van der Waals surface area contributed by atoms with Gasteiger partial charge in [0.05, 0.1) is 18.0 Å². The Kier molecular flexibility index (Phi) is 7.79. The van der Waals surface area contributed by atoms with Crippen LogP contribution in [0.15, 0.2) is 24.4 Å². The van der Waals surface area contributed by atoms with Crippen LogP contribution in [0.2, 0.25) is 0 Å². The van der Waals surface area contributed by atoms with Gasteiger partial charge in [0, 0.05) is 50.2 Å². The van der Waals surface area contributed by atoms with Crippen LogP contribution >= 0.6 is 0 Å². The van der Waals surface area contributed by atoms with Gasteiger partial charge in [0.1, 0.15) is 17.2 Å². The summed E-state index contributed by atoms with van der Waals surface area (Å²) < 4.78 is 29.9. The van der Waals surface area contributed by atoms with Crippen molar-refractivity contribution < 1.29 is 18.7 Å². The molecule has 1 saturated heterocycles. The summed E-state index contributed by atoms with van der Waals surface area (Å²) in [6, 6.07) is 3.55. The lowest BCUT2D eigenvalue weighted by Crippen LogP contribution is -2.49. The molecule has 0 spiro atoms. The number of aromatic nitrogens is 4. The number of aliphatic hydroxyl groups excluding tert-OH is 1. The number of nitrogens with zero attached hydrogens (tertiary/aromatic N) is 5. The smallest absolute Gasteiger partial charge is 0.225 e. The molecule has 12 heteroatoms. The molecule has 1 aliphatic heterocycles. The number of piperazine rings is 1. The van der Waals surface area contributed by atoms with Crippen molar-refractivity contribution in [3.8, 4) is 0 Å². The number of rotatable bonds is 6. The van der Waals surface area contributed by atoms with Crippen LogP contribution in [0, 0.1) is 17.6 Å². The van der Waals surface area contributed by atoms with Crippen LogP contribution in [0.25, 0.3) is 11.2 Å². The molecule has 3 fully saturated rings. The Morgan fingerprint density at radius 1 is 1.00 bits per heavy atom. The van der Waals surface area contributed by atoms with E-state index in [1.165, 1.54) is 12.1 Å². The van der Waals surface area contributed by atoms with Crippen molar-refractivity contribution in [3.05, 3.63) is 36.0 Å². The number of imidazole rings is 1. The average Bonchev–Trinajstić information content (AvgIpc) is 3.32. The molecule has 10 nitrogen and oxygen atoms in total. The number of halogens is 2. The van der Waals surface area contributed by atoms with Crippen LogP contribution in [0.4, 0.5) is 26.4 Å². The summed E-state index contributed by atoms with van der Waals surface area (Å²) in [5.41, 5.74) is 1.30. The molecule has 3 aliphatic rings. The molecule has 2 aliphatic carbocycles. The van der Waals surface area contributed by atoms with Crippen LogP contribution in [-0.2, 0) is 4.79 Å². The van der Waals surface area contributed by atoms with Gasteiger partial charge in [-0.1, -0.05) is 0 Å². The topological polar surface area (TPSA) is 120 Å². The van der Waals surface area contributed by atoms with E-state index >= 15 is 0 Å². The first-order valence-corrected chi connectivity index (χ1v) is 14.4. The summed E-state index contributed by atoms with van der Waals surface area (Å²) in [6.45, 7) is 3.28. The normalized spacial score (nSPS) is 25.6. The summed E-state index contributed by atoms with van der Waals surface area (Å²) in [7, 11) is 0. The number of hydrogen-bond donors (Lipinski definition) is 4. The van der Waals surface area contributed by atoms with Crippen molar-refractivity contribution in [2.75, 3.05) is 36.8 Å². The van der Waals surface area contributed by atoms with E-state index in [2.05, 4.69) is 25.9 Å². The van der Waals surface area contributed by atoms with E-state index in [0.29, 0.717) is 35.9 Å². The van der Waals surface area contributed by atoms with E-state index in [-0.39, 0.29) is 35.7 Å². The molecular weight excluding hydrogens is 518 g/mol. The molecule has 2 saturated carbocycles. The number of aliphatic hydroxyl groups is 1. The Morgan fingerprint density at radius 2 is 1.75 bits per heavy atom. The van der Waals surface area contributed by atoms with Gasteiger partial charge in [0.15, 0.2) is 5.65 Å². The summed E-state index contributed by atoms with van der Waals surface area (Å²) >= 11 is 0. The fraction of sp³-hybridized carbons (Fsp3) is 0.571. The van der Waals surface area contributed by atoms with Gasteiger partial charge in [-0.25, -0.2) is 18.7 Å². The van der Waals surface area contributed by atoms with Gasteiger partial charge in [0.25, 0.3) is 0 Å². The fourth-order valence-electron chi connectivity index (χ4n) is 6.23. The van der Waals surface area contributed by atoms with Gasteiger partial charge in [-0.3, -0.25) is 9.36 Å². The largest absolute Gasteiger partial charge is 0.393 e. The zero-order valence-corrected chi connectivity index (χ0v) is 22.5. The second-order valence-electron chi connectivity index (χ2n) is 11.2. The average molecular weight is 555 g/mol. The molecule has 0 atom stereocenters.